The lowest BCUT2D eigenvalue weighted by Gasteiger charge is -2.17. The van der Waals surface area contributed by atoms with Crippen LogP contribution in [-0.2, 0) is 20.9 Å². The normalized spacial score (nSPS) is 17.8. The monoisotopic (exact) mass is 496 g/mol. The van der Waals surface area contributed by atoms with Gasteiger partial charge in [0.05, 0.1) is 23.0 Å². The van der Waals surface area contributed by atoms with Crippen LogP contribution in [-0.4, -0.2) is 32.7 Å². The van der Waals surface area contributed by atoms with E-state index >= 15 is 0 Å². The van der Waals surface area contributed by atoms with E-state index in [1.54, 1.807) is 30.5 Å². The maximum atomic E-state index is 13.2. The average molecular weight is 497 g/mol. The van der Waals surface area contributed by atoms with Gasteiger partial charge in [-0.2, -0.15) is 0 Å². The van der Waals surface area contributed by atoms with Gasteiger partial charge in [-0.3, -0.25) is 19.4 Å². The number of ketones is 2. The second-order valence-electron chi connectivity index (χ2n) is 8.38. The zero-order valence-electron chi connectivity index (χ0n) is 18.6. The molecule has 1 N–H and O–H groups in total. The average Bonchev–Trinajstić information content (AvgIpc) is 3.06. The van der Waals surface area contributed by atoms with Crippen molar-refractivity contribution in [3.05, 3.63) is 75.2 Å². The van der Waals surface area contributed by atoms with Crippen molar-refractivity contribution in [3.63, 3.8) is 0 Å². The third-order valence-electron chi connectivity index (χ3n) is 5.99. The van der Waals surface area contributed by atoms with E-state index in [0.29, 0.717) is 27.1 Å². The number of halogens is 2. The first-order valence-corrected chi connectivity index (χ1v) is 11.5. The van der Waals surface area contributed by atoms with Gasteiger partial charge in [0.25, 0.3) is 0 Å². The van der Waals surface area contributed by atoms with Gasteiger partial charge in [-0.25, -0.2) is 0 Å². The molecule has 2 unspecified atom stereocenters. The van der Waals surface area contributed by atoms with Crippen LogP contribution in [0.25, 0.3) is 11.3 Å². The number of hydrogen-bond donors (Lipinski definition) is 1. The molecule has 3 aromatic rings. The molecule has 4 rings (SSSR count). The zero-order valence-corrected chi connectivity index (χ0v) is 20.2. The van der Waals surface area contributed by atoms with Gasteiger partial charge < -0.3 is 5.32 Å². The highest BCUT2D eigenvalue weighted by atomic mass is 35.5. The molecule has 2 atom stereocenters. The predicted octanol–water partition coefficient (Wildman–Crippen LogP) is 4.41. The van der Waals surface area contributed by atoms with E-state index in [1.807, 2.05) is 26.0 Å². The largest absolute Gasteiger partial charge is 0.350 e. The number of pyridine rings is 1. The van der Waals surface area contributed by atoms with E-state index in [9.17, 15) is 14.4 Å². The summed E-state index contributed by atoms with van der Waals surface area (Å²) in [5, 5.41) is 11.5. The SMILES string of the molecule is Cc1cc(-c2ccc(Cl)nn2)cc(C)c1C1C(=O)CC(CC(=O)NCc2ncccc2Cl)C1=O. The molecule has 9 heteroatoms. The number of aryl methyl sites for hydroxylation is 2. The fraction of sp³-hybridized carbons (Fsp3) is 0.280. The summed E-state index contributed by atoms with van der Waals surface area (Å²) in [6, 6.07) is 10.6. The van der Waals surface area contributed by atoms with Gasteiger partial charge in [0.1, 0.15) is 11.7 Å². The van der Waals surface area contributed by atoms with Crippen LogP contribution in [0.4, 0.5) is 0 Å². The summed E-state index contributed by atoms with van der Waals surface area (Å²) in [6.07, 6.45) is 1.58. The molecular formula is C25H22Cl2N4O3. The van der Waals surface area contributed by atoms with Crippen molar-refractivity contribution in [1.82, 2.24) is 20.5 Å². The van der Waals surface area contributed by atoms with Crippen molar-refractivity contribution in [2.75, 3.05) is 0 Å². The number of Topliss-reactive ketones (excluding diaryl/α,β-unsaturated/α-hetero) is 2. The van der Waals surface area contributed by atoms with E-state index in [0.717, 1.165) is 16.7 Å². The van der Waals surface area contributed by atoms with Crippen molar-refractivity contribution in [3.8, 4) is 11.3 Å². The Morgan fingerprint density at radius 1 is 1.09 bits per heavy atom. The van der Waals surface area contributed by atoms with Gasteiger partial charge in [0.15, 0.2) is 10.9 Å². The summed E-state index contributed by atoms with van der Waals surface area (Å²) in [5.74, 6) is -2.23. The Balaban J connectivity index is 1.48. The highest BCUT2D eigenvalue weighted by molar-refractivity contribution is 6.31. The molecule has 1 aliphatic rings. The molecule has 34 heavy (non-hydrogen) atoms. The van der Waals surface area contributed by atoms with Gasteiger partial charge in [0, 0.05) is 30.5 Å². The number of aromatic nitrogens is 3. The van der Waals surface area contributed by atoms with Crippen LogP contribution in [0.3, 0.4) is 0 Å². The Morgan fingerprint density at radius 3 is 2.47 bits per heavy atom. The van der Waals surface area contributed by atoms with Crippen LogP contribution in [0.2, 0.25) is 10.2 Å². The number of carbonyl (C=O) groups excluding carboxylic acids is 3. The van der Waals surface area contributed by atoms with Crippen molar-refractivity contribution in [2.45, 2.75) is 39.2 Å². The lowest BCUT2D eigenvalue weighted by Crippen LogP contribution is -2.27. The number of nitrogens with zero attached hydrogens (tertiary/aromatic N) is 3. The van der Waals surface area contributed by atoms with Gasteiger partial charge in [-0.05, 0) is 66.9 Å². The molecule has 1 saturated carbocycles. The lowest BCUT2D eigenvalue weighted by atomic mass is 9.85. The third-order valence-corrected chi connectivity index (χ3v) is 6.53. The Kier molecular flexibility index (Phi) is 7.05. The number of hydrogen-bond acceptors (Lipinski definition) is 6. The molecule has 1 aromatic carbocycles. The van der Waals surface area contributed by atoms with Gasteiger partial charge >= 0.3 is 0 Å². The number of nitrogens with one attached hydrogen (secondary N) is 1. The first-order chi connectivity index (χ1) is 16.2. The Morgan fingerprint density at radius 2 is 1.82 bits per heavy atom. The zero-order chi connectivity index (χ0) is 24.4. The molecule has 0 saturated heterocycles. The number of benzene rings is 1. The topological polar surface area (TPSA) is 102 Å². The number of carbonyl (C=O) groups is 3. The second kappa shape index (κ2) is 9.99. The quantitative estimate of drug-likeness (QED) is 0.507. The van der Waals surface area contributed by atoms with Crippen LogP contribution in [0, 0.1) is 19.8 Å². The summed E-state index contributed by atoms with van der Waals surface area (Å²) in [6.45, 7) is 3.89. The van der Waals surface area contributed by atoms with Gasteiger partial charge in [0.2, 0.25) is 5.91 Å². The predicted molar refractivity (Wildman–Crippen MR) is 129 cm³/mol. The minimum atomic E-state index is -0.867. The second-order valence-corrected chi connectivity index (χ2v) is 9.17. The van der Waals surface area contributed by atoms with Crippen LogP contribution < -0.4 is 5.32 Å². The minimum Gasteiger partial charge on any atom is -0.350 e. The highest BCUT2D eigenvalue weighted by Crippen LogP contribution is 2.38. The maximum absolute atomic E-state index is 13.2. The van der Waals surface area contributed by atoms with Gasteiger partial charge in [-0.1, -0.05) is 23.2 Å². The summed E-state index contributed by atoms with van der Waals surface area (Å²) in [4.78, 5) is 42.7. The molecule has 0 spiro atoms. The highest BCUT2D eigenvalue weighted by Gasteiger charge is 2.43. The first kappa shape index (κ1) is 24.0. The lowest BCUT2D eigenvalue weighted by molar-refractivity contribution is -0.128. The Labute approximate surface area is 206 Å². The van der Waals surface area contributed by atoms with Crippen molar-refractivity contribution >= 4 is 40.7 Å². The maximum Gasteiger partial charge on any atom is 0.221 e. The molecular weight excluding hydrogens is 475 g/mol. The van der Waals surface area contributed by atoms with Crippen LogP contribution in [0.5, 0.6) is 0 Å². The molecule has 174 valence electrons. The van der Waals surface area contributed by atoms with E-state index in [-0.39, 0.29) is 36.9 Å². The van der Waals surface area contributed by atoms with Crippen molar-refractivity contribution in [2.24, 2.45) is 5.92 Å². The standard InChI is InChI=1S/C25H22Cl2N4O3/c1-13-8-15(18-5-6-21(27)31-30-18)9-14(2)23(13)24-20(32)10-16(25(24)34)11-22(33)29-12-19-17(26)4-3-7-28-19/h3-9,16,24H,10-12H2,1-2H3,(H,29,33). The first-order valence-electron chi connectivity index (χ1n) is 10.8. The summed E-state index contributed by atoms with van der Waals surface area (Å²) in [7, 11) is 0. The summed E-state index contributed by atoms with van der Waals surface area (Å²) >= 11 is 11.9. The molecule has 1 aliphatic carbocycles. The Hall–Kier alpha value is -3.16. The van der Waals surface area contributed by atoms with E-state index in [4.69, 9.17) is 23.2 Å². The minimum absolute atomic E-state index is 0.0462. The third kappa shape index (κ3) is 5.00. The Bertz CT molecular complexity index is 1250. The fourth-order valence-electron chi connectivity index (χ4n) is 4.41. The van der Waals surface area contributed by atoms with Crippen LogP contribution >= 0.6 is 23.2 Å². The van der Waals surface area contributed by atoms with Crippen LogP contribution in [0.1, 0.15) is 41.1 Å². The number of rotatable bonds is 6. The van der Waals surface area contributed by atoms with E-state index in [2.05, 4.69) is 20.5 Å². The number of amides is 1. The fourth-order valence-corrected chi connectivity index (χ4v) is 4.70. The summed E-state index contributed by atoms with van der Waals surface area (Å²) in [5.41, 5.74) is 4.34. The smallest absolute Gasteiger partial charge is 0.221 e. The molecule has 7 nitrogen and oxygen atoms in total. The van der Waals surface area contributed by atoms with E-state index < -0.39 is 11.8 Å². The molecule has 1 amide bonds. The molecule has 0 aliphatic heterocycles. The van der Waals surface area contributed by atoms with Crippen LogP contribution in [0.15, 0.2) is 42.6 Å². The molecule has 0 radical (unpaired) electrons. The molecule has 0 bridgehead atoms. The van der Waals surface area contributed by atoms with Crippen molar-refractivity contribution in [1.29, 1.82) is 0 Å². The van der Waals surface area contributed by atoms with Gasteiger partial charge in [-0.15, -0.1) is 10.2 Å². The van der Waals surface area contributed by atoms with E-state index in [1.165, 1.54) is 0 Å². The molecule has 2 heterocycles. The summed E-state index contributed by atoms with van der Waals surface area (Å²) < 4.78 is 0. The van der Waals surface area contributed by atoms with Crippen molar-refractivity contribution < 1.29 is 14.4 Å². The molecule has 1 fully saturated rings. The molecule has 2 aromatic heterocycles.